The van der Waals surface area contributed by atoms with Gasteiger partial charge in [-0.25, -0.2) is 0 Å². The number of benzene rings is 1. The molecule has 1 aliphatic carbocycles. The van der Waals surface area contributed by atoms with E-state index in [1.54, 1.807) is 13.0 Å². The van der Waals surface area contributed by atoms with Crippen molar-refractivity contribution in [2.45, 2.75) is 38.3 Å². The van der Waals surface area contributed by atoms with Crippen molar-refractivity contribution >= 4 is 27.3 Å². The molecule has 0 radical (unpaired) electrons. The Labute approximate surface area is 114 Å². The van der Waals surface area contributed by atoms with Gasteiger partial charge in [0.1, 0.15) is 0 Å². The highest BCUT2D eigenvalue weighted by molar-refractivity contribution is 9.10. The SMILES string of the molecule is Cc1cc(NC2CCCC2N)c(Br)cc1[N+](=O)[O-]. The van der Waals surface area contributed by atoms with E-state index in [0.29, 0.717) is 10.0 Å². The normalized spacial score (nSPS) is 23.1. The number of nitrogens with two attached hydrogens (primary N) is 1. The fourth-order valence-corrected chi connectivity index (χ4v) is 2.79. The number of nitro benzene ring substituents is 1. The van der Waals surface area contributed by atoms with Gasteiger partial charge in [0.05, 0.1) is 4.92 Å². The quantitative estimate of drug-likeness (QED) is 0.664. The molecule has 98 valence electrons. The fraction of sp³-hybridized carbons (Fsp3) is 0.500. The third kappa shape index (κ3) is 2.64. The van der Waals surface area contributed by atoms with Crippen molar-refractivity contribution in [3.8, 4) is 0 Å². The minimum absolute atomic E-state index is 0.128. The largest absolute Gasteiger partial charge is 0.380 e. The van der Waals surface area contributed by atoms with E-state index in [9.17, 15) is 10.1 Å². The Balaban J connectivity index is 2.23. The van der Waals surface area contributed by atoms with E-state index < -0.39 is 0 Å². The maximum atomic E-state index is 10.8. The lowest BCUT2D eigenvalue weighted by Gasteiger charge is -2.20. The average Bonchev–Trinajstić information content (AvgIpc) is 2.69. The number of halogens is 1. The van der Waals surface area contributed by atoms with Gasteiger partial charge in [0.2, 0.25) is 0 Å². The van der Waals surface area contributed by atoms with Crippen LogP contribution in [-0.4, -0.2) is 17.0 Å². The molecule has 0 bridgehead atoms. The van der Waals surface area contributed by atoms with E-state index in [1.807, 2.05) is 0 Å². The van der Waals surface area contributed by atoms with Gasteiger partial charge in [0.15, 0.2) is 0 Å². The van der Waals surface area contributed by atoms with Crippen molar-refractivity contribution in [1.29, 1.82) is 0 Å². The Bertz CT molecular complexity index is 479. The predicted octanol–water partition coefficient (Wildman–Crippen LogP) is 2.96. The first-order chi connectivity index (χ1) is 8.49. The highest BCUT2D eigenvalue weighted by Crippen LogP contribution is 2.32. The van der Waals surface area contributed by atoms with Crippen LogP contribution in [0.3, 0.4) is 0 Å². The minimum atomic E-state index is -0.370. The summed E-state index contributed by atoms with van der Waals surface area (Å²) >= 11 is 3.37. The highest BCUT2D eigenvalue weighted by Gasteiger charge is 2.25. The molecule has 1 aromatic carbocycles. The lowest BCUT2D eigenvalue weighted by atomic mass is 10.1. The smallest absolute Gasteiger partial charge is 0.273 e. The van der Waals surface area contributed by atoms with Gasteiger partial charge in [-0.3, -0.25) is 10.1 Å². The van der Waals surface area contributed by atoms with E-state index in [0.717, 1.165) is 24.9 Å². The van der Waals surface area contributed by atoms with Crippen molar-refractivity contribution in [2.24, 2.45) is 5.73 Å². The van der Waals surface area contributed by atoms with Gasteiger partial charge in [-0.1, -0.05) is 0 Å². The van der Waals surface area contributed by atoms with Crippen molar-refractivity contribution in [3.05, 3.63) is 32.3 Å². The summed E-state index contributed by atoms with van der Waals surface area (Å²) in [6.07, 6.45) is 3.20. The summed E-state index contributed by atoms with van der Waals surface area (Å²) in [6, 6.07) is 3.75. The molecule has 0 aromatic heterocycles. The Hall–Kier alpha value is -1.14. The lowest BCUT2D eigenvalue weighted by molar-refractivity contribution is -0.385. The number of hydrogen-bond donors (Lipinski definition) is 2. The van der Waals surface area contributed by atoms with E-state index in [1.165, 1.54) is 6.07 Å². The molecule has 1 aromatic rings. The van der Waals surface area contributed by atoms with Crippen LogP contribution in [0.2, 0.25) is 0 Å². The van der Waals surface area contributed by atoms with Crippen LogP contribution in [0.15, 0.2) is 16.6 Å². The Morgan fingerprint density at radius 3 is 2.78 bits per heavy atom. The molecule has 2 rings (SSSR count). The second-order valence-electron chi connectivity index (χ2n) is 4.72. The summed E-state index contributed by atoms with van der Waals surface area (Å²) in [7, 11) is 0. The second-order valence-corrected chi connectivity index (χ2v) is 5.58. The number of aryl methyl sites for hydroxylation is 1. The summed E-state index contributed by atoms with van der Waals surface area (Å²) in [5.74, 6) is 0. The minimum Gasteiger partial charge on any atom is -0.380 e. The van der Waals surface area contributed by atoms with Gasteiger partial charge >= 0.3 is 0 Å². The molecule has 0 spiro atoms. The summed E-state index contributed by atoms with van der Waals surface area (Å²) in [6.45, 7) is 1.74. The van der Waals surface area contributed by atoms with Crippen LogP contribution in [0.5, 0.6) is 0 Å². The summed E-state index contributed by atoms with van der Waals surface area (Å²) in [5, 5.41) is 14.2. The average molecular weight is 314 g/mol. The number of rotatable bonds is 3. The van der Waals surface area contributed by atoms with Crippen LogP contribution in [0.4, 0.5) is 11.4 Å². The Morgan fingerprint density at radius 1 is 1.50 bits per heavy atom. The monoisotopic (exact) mass is 313 g/mol. The molecule has 6 heteroatoms. The van der Waals surface area contributed by atoms with Crippen LogP contribution in [0, 0.1) is 17.0 Å². The number of nitrogens with one attached hydrogen (secondary N) is 1. The summed E-state index contributed by atoms with van der Waals surface area (Å²) in [5.41, 5.74) is 7.66. The maximum Gasteiger partial charge on any atom is 0.273 e. The topological polar surface area (TPSA) is 81.2 Å². The van der Waals surface area contributed by atoms with E-state index in [4.69, 9.17) is 5.73 Å². The van der Waals surface area contributed by atoms with E-state index in [-0.39, 0.29) is 22.7 Å². The Morgan fingerprint density at radius 2 is 2.22 bits per heavy atom. The first-order valence-corrected chi connectivity index (χ1v) is 6.75. The molecule has 0 saturated heterocycles. The second kappa shape index (κ2) is 5.24. The first kappa shape index (κ1) is 13.3. The van der Waals surface area contributed by atoms with Crippen molar-refractivity contribution in [1.82, 2.24) is 0 Å². The molecule has 1 fully saturated rings. The van der Waals surface area contributed by atoms with Gasteiger partial charge in [-0.15, -0.1) is 0 Å². The Kier molecular flexibility index (Phi) is 3.87. The molecule has 1 saturated carbocycles. The summed E-state index contributed by atoms with van der Waals surface area (Å²) < 4.78 is 0.707. The van der Waals surface area contributed by atoms with Gasteiger partial charge < -0.3 is 11.1 Å². The standard InChI is InChI=1S/C12H16BrN3O2/c1-7-5-11(8(13)6-12(7)16(17)18)15-10-4-2-3-9(10)14/h5-6,9-10,15H,2-4,14H2,1H3. The van der Waals surface area contributed by atoms with E-state index in [2.05, 4.69) is 21.2 Å². The predicted molar refractivity (Wildman–Crippen MR) is 74.8 cm³/mol. The van der Waals surface area contributed by atoms with Crippen molar-refractivity contribution < 1.29 is 4.92 Å². The molecular formula is C12H16BrN3O2. The number of anilines is 1. The number of hydrogen-bond acceptors (Lipinski definition) is 4. The van der Waals surface area contributed by atoms with Gasteiger partial charge in [-0.2, -0.15) is 0 Å². The third-order valence-electron chi connectivity index (χ3n) is 3.39. The van der Waals surface area contributed by atoms with Crippen LogP contribution in [0.1, 0.15) is 24.8 Å². The van der Waals surface area contributed by atoms with Crippen molar-refractivity contribution in [3.63, 3.8) is 0 Å². The number of nitro groups is 1. The molecule has 2 unspecified atom stereocenters. The third-order valence-corrected chi connectivity index (χ3v) is 4.05. The lowest BCUT2D eigenvalue weighted by Crippen LogP contribution is -2.35. The maximum absolute atomic E-state index is 10.8. The van der Waals surface area contributed by atoms with Gasteiger partial charge in [0, 0.05) is 33.9 Å². The molecule has 2 atom stereocenters. The van der Waals surface area contributed by atoms with Crippen LogP contribution in [-0.2, 0) is 0 Å². The molecule has 1 aliphatic rings. The molecule has 5 nitrogen and oxygen atoms in total. The molecule has 18 heavy (non-hydrogen) atoms. The van der Waals surface area contributed by atoms with Crippen LogP contribution in [0.25, 0.3) is 0 Å². The van der Waals surface area contributed by atoms with Crippen LogP contribution >= 0.6 is 15.9 Å². The highest BCUT2D eigenvalue weighted by atomic mass is 79.9. The zero-order valence-corrected chi connectivity index (χ0v) is 11.7. The fourth-order valence-electron chi connectivity index (χ4n) is 2.35. The molecular weight excluding hydrogens is 298 g/mol. The van der Waals surface area contributed by atoms with Crippen molar-refractivity contribution in [2.75, 3.05) is 5.32 Å². The zero-order chi connectivity index (χ0) is 13.3. The molecule has 3 N–H and O–H groups in total. The first-order valence-electron chi connectivity index (χ1n) is 5.95. The molecule has 0 heterocycles. The molecule has 0 amide bonds. The summed E-state index contributed by atoms with van der Waals surface area (Å²) in [4.78, 5) is 10.5. The zero-order valence-electron chi connectivity index (χ0n) is 10.1. The van der Waals surface area contributed by atoms with E-state index >= 15 is 0 Å². The number of nitrogens with zero attached hydrogens (tertiary/aromatic N) is 1. The van der Waals surface area contributed by atoms with Gasteiger partial charge in [0.25, 0.3) is 5.69 Å². The van der Waals surface area contributed by atoms with Gasteiger partial charge in [-0.05, 0) is 48.2 Å². The van der Waals surface area contributed by atoms with Crippen LogP contribution < -0.4 is 11.1 Å². The molecule has 0 aliphatic heterocycles.